The smallest absolute Gasteiger partial charge is 0.331 e. The van der Waals surface area contributed by atoms with Crippen molar-refractivity contribution in [1.82, 2.24) is 0 Å². The van der Waals surface area contributed by atoms with Crippen molar-refractivity contribution >= 4 is 35.9 Å². The number of benzene rings is 1. The average molecular weight is 651 g/mol. The monoisotopic (exact) mass is 650 g/mol. The third-order valence-corrected chi connectivity index (χ3v) is 9.93. The van der Waals surface area contributed by atoms with Crippen LogP contribution in [0, 0.1) is 22.7 Å². The minimum Gasteiger partial charge on any atom is -0.462 e. The van der Waals surface area contributed by atoms with Crippen molar-refractivity contribution in [2.75, 3.05) is 0 Å². The minimum absolute atomic E-state index is 0.260. The molecule has 10 heteroatoms. The SMILES string of the molecule is C=C1[C@@H](OC(C)=O)CC[C@@]2(C)[C@@H](OC(=O)/C=C/c3ccccc3)[C@H](OC(C)=O)C3=C(C)C[C@H](OC(C)=O)[C@@H]([C@@H](OC(C)=O)[C@H]12)C3(C)C. The molecule has 1 aromatic rings. The molecule has 0 N–H and O–H groups in total. The van der Waals surface area contributed by atoms with E-state index in [2.05, 4.69) is 6.58 Å². The Labute approximate surface area is 276 Å². The molecule has 0 radical (unpaired) electrons. The highest BCUT2D eigenvalue weighted by Crippen LogP contribution is 2.61. The average Bonchev–Trinajstić information content (AvgIpc) is 2.94. The number of rotatable bonds is 7. The molecule has 0 unspecified atom stereocenters. The van der Waals surface area contributed by atoms with E-state index in [-0.39, 0.29) is 6.42 Å². The molecule has 8 atom stereocenters. The highest BCUT2D eigenvalue weighted by atomic mass is 16.6. The van der Waals surface area contributed by atoms with Crippen molar-refractivity contribution < 1.29 is 47.7 Å². The predicted molar refractivity (Wildman–Crippen MR) is 172 cm³/mol. The maximum atomic E-state index is 13.7. The number of carbonyl (C=O) groups excluding carboxylic acids is 5. The molecule has 0 saturated heterocycles. The lowest BCUT2D eigenvalue weighted by Gasteiger charge is -2.60. The van der Waals surface area contributed by atoms with Gasteiger partial charge in [0.15, 0.2) is 6.10 Å². The molecule has 0 spiro atoms. The first kappa shape index (κ1) is 35.6. The van der Waals surface area contributed by atoms with Crippen LogP contribution in [-0.4, -0.2) is 60.4 Å². The van der Waals surface area contributed by atoms with E-state index in [1.54, 1.807) is 6.08 Å². The Balaban J connectivity index is 2.00. The van der Waals surface area contributed by atoms with Gasteiger partial charge < -0.3 is 23.7 Å². The lowest BCUT2D eigenvalue weighted by molar-refractivity contribution is -0.210. The summed E-state index contributed by atoms with van der Waals surface area (Å²) in [6.07, 6.45) is -0.630. The largest absolute Gasteiger partial charge is 0.462 e. The molecular formula is C37H46O10. The van der Waals surface area contributed by atoms with Crippen LogP contribution < -0.4 is 0 Å². The summed E-state index contributed by atoms with van der Waals surface area (Å²) >= 11 is 0. The summed E-state index contributed by atoms with van der Waals surface area (Å²) in [6.45, 7) is 17.2. The first-order chi connectivity index (χ1) is 22.0. The number of fused-ring (bicyclic) bond motifs is 3. The fourth-order valence-corrected chi connectivity index (χ4v) is 8.37. The number of ether oxygens (including phenoxy) is 5. The summed E-state index contributed by atoms with van der Waals surface area (Å²) in [5, 5.41) is 0. The maximum absolute atomic E-state index is 13.7. The van der Waals surface area contributed by atoms with Crippen LogP contribution in [0.25, 0.3) is 6.08 Å². The van der Waals surface area contributed by atoms with Gasteiger partial charge in [0.25, 0.3) is 0 Å². The molecule has 1 aromatic carbocycles. The van der Waals surface area contributed by atoms with Crippen LogP contribution in [0.1, 0.15) is 80.2 Å². The summed E-state index contributed by atoms with van der Waals surface area (Å²) in [7, 11) is 0. The Hall–Kier alpha value is -4.21. The summed E-state index contributed by atoms with van der Waals surface area (Å²) in [5.41, 5.74) is 0.774. The van der Waals surface area contributed by atoms with Gasteiger partial charge in [-0.2, -0.15) is 0 Å². The summed E-state index contributed by atoms with van der Waals surface area (Å²) in [6, 6.07) is 9.27. The van der Waals surface area contributed by atoms with Gasteiger partial charge in [0.1, 0.15) is 24.4 Å². The van der Waals surface area contributed by atoms with Gasteiger partial charge in [0.05, 0.1) is 0 Å². The highest BCUT2D eigenvalue weighted by molar-refractivity contribution is 5.87. The van der Waals surface area contributed by atoms with Gasteiger partial charge in [0, 0.05) is 57.4 Å². The van der Waals surface area contributed by atoms with E-state index in [0.29, 0.717) is 24.0 Å². The lowest BCUT2D eigenvalue weighted by atomic mass is 9.49. The second-order valence-electron chi connectivity index (χ2n) is 13.7. The van der Waals surface area contributed by atoms with Crippen LogP contribution in [0.3, 0.4) is 0 Å². The number of esters is 5. The second kappa shape index (κ2) is 13.9. The molecule has 10 nitrogen and oxygen atoms in total. The van der Waals surface area contributed by atoms with Gasteiger partial charge in [-0.3, -0.25) is 19.2 Å². The first-order valence-electron chi connectivity index (χ1n) is 16.0. The number of carbonyl (C=O) groups is 5. The van der Waals surface area contributed by atoms with Crippen molar-refractivity contribution in [2.45, 2.75) is 105 Å². The number of hydrogen-bond acceptors (Lipinski definition) is 10. The molecule has 3 aliphatic carbocycles. The molecule has 2 fully saturated rings. The molecule has 2 saturated carbocycles. The van der Waals surface area contributed by atoms with Gasteiger partial charge in [-0.15, -0.1) is 0 Å². The van der Waals surface area contributed by atoms with Crippen molar-refractivity contribution in [3.05, 3.63) is 65.3 Å². The molecule has 47 heavy (non-hydrogen) atoms. The van der Waals surface area contributed by atoms with Crippen LogP contribution >= 0.6 is 0 Å². The lowest BCUT2D eigenvalue weighted by Crippen LogP contribution is -2.65. The van der Waals surface area contributed by atoms with Gasteiger partial charge in [-0.1, -0.05) is 63.3 Å². The molecule has 0 aromatic heterocycles. The molecule has 254 valence electrons. The Bertz CT molecular complexity index is 1490. The van der Waals surface area contributed by atoms with Gasteiger partial charge in [-0.05, 0) is 48.0 Å². The third kappa shape index (κ3) is 7.36. The molecule has 3 aliphatic rings. The van der Waals surface area contributed by atoms with Crippen LogP contribution in [0.5, 0.6) is 0 Å². The third-order valence-electron chi connectivity index (χ3n) is 9.93. The van der Waals surface area contributed by atoms with E-state index < -0.39 is 83.0 Å². The topological polar surface area (TPSA) is 132 Å². The van der Waals surface area contributed by atoms with E-state index in [9.17, 15) is 24.0 Å². The Morgan fingerprint density at radius 3 is 2.00 bits per heavy atom. The minimum atomic E-state index is -1.08. The van der Waals surface area contributed by atoms with Crippen molar-refractivity contribution in [1.29, 1.82) is 0 Å². The molecule has 4 rings (SSSR count). The zero-order chi connectivity index (χ0) is 34.8. The molecule has 0 heterocycles. The van der Waals surface area contributed by atoms with E-state index in [1.807, 2.05) is 58.0 Å². The first-order valence-corrected chi connectivity index (χ1v) is 16.0. The molecule has 2 bridgehead atoms. The van der Waals surface area contributed by atoms with E-state index in [4.69, 9.17) is 23.7 Å². The van der Waals surface area contributed by atoms with E-state index in [0.717, 1.165) is 11.1 Å². The Kier molecular flexibility index (Phi) is 10.5. The van der Waals surface area contributed by atoms with Crippen LogP contribution in [-0.2, 0) is 47.7 Å². The molecule has 0 amide bonds. The zero-order valence-corrected chi connectivity index (χ0v) is 28.5. The number of hydrogen-bond donors (Lipinski definition) is 0. The normalized spacial score (nSPS) is 31.5. The maximum Gasteiger partial charge on any atom is 0.331 e. The zero-order valence-electron chi connectivity index (χ0n) is 28.5. The fraction of sp³-hybridized carbons (Fsp3) is 0.541. The Morgan fingerprint density at radius 2 is 1.43 bits per heavy atom. The van der Waals surface area contributed by atoms with Gasteiger partial charge in [-0.25, -0.2) is 4.79 Å². The standard InChI is InChI=1S/C37H46O10/c1-20-19-28(44-23(4)39)32-33(45-24(5)40)31-21(2)27(43-22(3)38)17-18-37(31,9)35(34(46-25(6)41)30(20)36(32,7)8)47-29(42)16-15-26-13-11-10-12-14-26/h10-16,27-28,31-35H,2,17-19H2,1,3-9H3/b16-15+/t27-,28-,31-,32-,33-,34+,35-,37+/m0/s1. The predicted octanol–water partition coefficient (Wildman–Crippen LogP) is 5.69. The van der Waals surface area contributed by atoms with Crippen molar-refractivity contribution in [2.24, 2.45) is 22.7 Å². The Morgan fingerprint density at radius 1 is 0.830 bits per heavy atom. The van der Waals surface area contributed by atoms with E-state index in [1.165, 1.54) is 33.8 Å². The quantitative estimate of drug-likeness (QED) is 0.157. The van der Waals surface area contributed by atoms with E-state index >= 15 is 0 Å². The van der Waals surface area contributed by atoms with Crippen LogP contribution in [0.15, 0.2) is 59.7 Å². The van der Waals surface area contributed by atoms with Crippen molar-refractivity contribution in [3.63, 3.8) is 0 Å². The summed E-state index contributed by atoms with van der Waals surface area (Å²) in [5.74, 6) is -4.22. The highest BCUT2D eigenvalue weighted by Gasteiger charge is 2.65. The molecular weight excluding hydrogens is 604 g/mol. The van der Waals surface area contributed by atoms with Crippen LogP contribution in [0.4, 0.5) is 0 Å². The van der Waals surface area contributed by atoms with Crippen LogP contribution in [0.2, 0.25) is 0 Å². The summed E-state index contributed by atoms with van der Waals surface area (Å²) < 4.78 is 30.4. The molecule has 0 aliphatic heterocycles. The second-order valence-corrected chi connectivity index (χ2v) is 13.7. The van der Waals surface area contributed by atoms with Gasteiger partial charge in [0.2, 0.25) is 0 Å². The summed E-state index contributed by atoms with van der Waals surface area (Å²) in [4.78, 5) is 64.0. The van der Waals surface area contributed by atoms with Gasteiger partial charge >= 0.3 is 29.8 Å². The van der Waals surface area contributed by atoms with Crippen molar-refractivity contribution in [3.8, 4) is 0 Å². The fourth-order valence-electron chi connectivity index (χ4n) is 8.37.